The second-order valence-electron chi connectivity index (χ2n) is 4.72. The molecule has 1 aromatic carbocycles. The topological polar surface area (TPSA) is 101 Å². The molecule has 0 saturated carbocycles. The zero-order chi connectivity index (χ0) is 14.7. The average molecular weight is 276 g/mol. The van der Waals surface area contributed by atoms with Gasteiger partial charge in [-0.3, -0.25) is 20.0 Å². The van der Waals surface area contributed by atoms with Crippen molar-refractivity contribution >= 4 is 22.5 Å². The molecular formula is C13H16N4O3. The number of nitrogens with zero attached hydrogens (tertiary/aromatic N) is 2. The summed E-state index contributed by atoms with van der Waals surface area (Å²) in [5.74, 6) is -0.322. The van der Waals surface area contributed by atoms with Gasteiger partial charge in [-0.15, -0.1) is 0 Å². The van der Waals surface area contributed by atoms with Crippen molar-refractivity contribution in [3.63, 3.8) is 0 Å². The molecule has 0 aliphatic rings. The summed E-state index contributed by atoms with van der Waals surface area (Å²) >= 11 is 0. The predicted octanol–water partition coefficient (Wildman–Crippen LogP) is 2.39. The monoisotopic (exact) mass is 276 g/mol. The van der Waals surface area contributed by atoms with Crippen LogP contribution in [0.25, 0.3) is 10.9 Å². The van der Waals surface area contributed by atoms with Crippen LogP contribution in [0, 0.1) is 10.1 Å². The third-order valence-corrected chi connectivity index (χ3v) is 3.07. The zero-order valence-corrected chi connectivity index (χ0v) is 11.3. The second-order valence-corrected chi connectivity index (χ2v) is 4.72. The van der Waals surface area contributed by atoms with Gasteiger partial charge in [0.05, 0.1) is 10.4 Å². The molecule has 7 heteroatoms. The van der Waals surface area contributed by atoms with Crippen LogP contribution in [-0.2, 0) is 0 Å². The van der Waals surface area contributed by atoms with Crippen LogP contribution in [0.15, 0.2) is 18.2 Å². The van der Waals surface area contributed by atoms with E-state index in [1.54, 1.807) is 6.07 Å². The van der Waals surface area contributed by atoms with Crippen LogP contribution in [0.1, 0.15) is 37.2 Å². The number of carbonyl (C=O) groups is 1. The van der Waals surface area contributed by atoms with Crippen molar-refractivity contribution in [1.29, 1.82) is 0 Å². The summed E-state index contributed by atoms with van der Waals surface area (Å²) in [5, 5.41) is 20.7. The Hall–Kier alpha value is -2.44. The van der Waals surface area contributed by atoms with E-state index in [-0.39, 0.29) is 23.3 Å². The number of amides is 1. The smallest absolute Gasteiger partial charge is 0.272 e. The van der Waals surface area contributed by atoms with Crippen molar-refractivity contribution in [1.82, 2.24) is 15.5 Å². The Morgan fingerprint density at radius 2 is 2.30 bits per heavy atom. The highest BCUT2D eigenvalue weighted by Crippen LogP contribution is 2.22. The van der Waals surface area contributed by atoms with Crippen LogP contribution in [0.4, 0.5) is 5.69 Å². The molecule has 1 amide bonds. The number of aromatic nitrogens is 2. The van der Waals surface area contributed by atoms with E-state index in [1.165, 1.54) is 12.1 Å². The highest BCUT2D eigenvalue weighted by Gasteiger charge is 2.18. The molecule has 0 aliphatic carbocycles. The number of nitrogens with one attached hydrogen (secondary N) is 2. The largest absolute Gasteiger partial charge is 0.348 e. The molecule has 0 aliphatic heterocycles. The minimum absolute atomic E-state index is 0.0398. The van der Waals surface area contributed by atoms with Crippen LogP contribution in [0.2, 0.25) is 0 Å². The minimum Gasteiger partial charge on any atom is -0.348 e. The highest BCUT2D eigenvalue weighted by molar-refractivity contribution is 6.05. The van der Waals surface area contributed by atoms with E-state index in [1.807, 2.05) is 13.8 Å². The van der Waals surface area contributed by atoms with Crippen molar-refractivity contribution < 1.29 is 9.72 Å². The molecule has 106 valence electrons. The molecule has 7 nitrogen and oxygen atoms in total. The van der Waals surface area contributed by atoms with Crippen LogP contribution in [-0.4, -0.2) is 27.1 Å². The van der Waals surface area contributed by atoms with Crippen molar-refractivity contribution in [2.45, 2.75) is 32.7 Å². The molecule has 0 radical (unpaired) electrons. The molecule has 2 aromatic rings. The molecule has 0 spiro atoms. The maximum absolute atomic E-state index is 12.1. The van der Waals surface area contributed by atoms with Crippen molar-refractivity contribution in [2.24, 2.45) is 0 Å². The molecule has 1 heterocycles. The Morgan fingerprint density at radius 3 is 2.95 bits per heavy atom. The normalized spacial score (nSPS) is 12.3. The Labute approximate surface area is 115 Å². The number of H-pyrrole nitrogens is 1. The zero-order valence-electron chi connectivity index (χ0n) is 11.3. The van der Waals surface area contributed by atoms with Crippen LogP contribution in [0.3, 0.4) is 0 Å². The molecular weight excluding hydrogens is 260 g/mol. The average Bonchev–Trinajstić information content (AvgIpc) is 2.81. The van der Waals surface area contributed by atoms with E-state index in [2.05, 4.69) is 15.5 Å². The number of carbonyl (C=O) groups excluding carboxylic acids is 1. The first-order chi connectivity index (χ1) is 9.52. The Morgan fingerprint density at radius 1 is 1.55 bits per heavy atom. The van der Waals surface area contributed by atoms with Gasteiger partial charge in [-0.2, -0.15) is 5.10 Å². The summed E-state index contributed by atoms with van der Waals surface area (Å²) in [6.07, 6.45) is 1.84. The van der Waals surface area contributed by atoms with Gasteiger partial charge >= 0.3 is 0 Å². The fraction of sp³-hybridized carbons (Fsp3) is 0.385. The van der Waals surface area contributed by atoms with E-state index < -0.39 is 4.92 Å². The fourth-order valence-corrected chi connectivity index (χ4v) is 2.09. The molecule has 20 heavy (non-hydrogen) atoms. The van der Waals surface area contributed by atoms with Gasteiger partial charge in [-0.1, -0.05) is 13.3 Å². The van der Waals surface area contributed by atoms with Gasteiger partial charge in [0.2, 0.25) is 0 Å². The van der Waals surface area contributed by atoms with E-state index in [9.17, 15) is 14.9 Å². The molecule has 0 saturated heterocycles. The maximum Gasteiger partial charge on any atom is 0.272 e. The number of non-ortho nitro benzene ring substituents is 1. The van der Waals surface area contributed by atoms with Crippen molar-refractivity contribution in [2.75, 3.05) is 0 Å². The standard InChI is InChI=1S/C13H16N4O3/c1-3-4-8(2)14-13(18)12-10-7-9(17(19)20)5-6-11(10)15-16-12/h5-8H,3-4H2,1-2H3,(H,14,18)(H,15,16). The number of fused-ring (bicyclic) bond motifs is 1. The molecule has 0 fully saturated rings. The predicted molar refractivity (Wildman–Crippen MR) is 74.6 cm³/mol. The van der Waals surface area contributed by atoms with Gasteiger partial charge in [-0.05, 0) is 19.4 Å². The number of aromatic amines is 1. The van der Waals surface area contributed by atoms with Crippen LogP contribution in [0.5, 0.6) is 0 Å². The van der Waals surface area contributed by atoms with Gasteiger partial charge in [0.15, 0.2) is 5.69 Å². The molecule has 1 atom stereocenters. The molecule has 2 rings (SSSR count). The summed E-state index contributed by atoms with van der Waals surface area (Å²) in [4.78, 5) is 22.4. The first kappa shape index (κ1) is 14.0. The lowest BCUT2D eigenvalue weighted by atomic mass is 10.1. The quantitative estimate of drug-likeness (QED) is 0.646. The van der Waals surface area contributed by atoms with Gasteiger partial charge in [0.1, 0.15) is 0 Å². The Balaban J connectivity index is 2.32. The van der Waals surface area contributed by atoms with Gasteiger partial charge in [-0.25, -0.2) is 0 Å². The summed E-state index contributed by atoms with van der Waals surface area (Å²) in [6, 6.07) is 4.32. The fourth-order valence-electron chi connectivity index (χ4n) is 2.09. The Bertz CT molecular complexity index is 650. The molecule has 1 aromatic heterocycles. The van der Waals surface area contributed by atoms with Gasteiger partial charge in [0.25, 0.3) is 11.6 Å². The van der Waals surface area contributed by atoms with E-state index >= 15 is 0 Å². The number of benzene rings is 1. The number of nitro groups is 1. The third-order valence-electron chi connectivity index (χ3n) is 3.07. The number of hydrogen-bond acceptors (Lipinski definition) is 4. The van der Waals surface area contributed by atoms with Crippen LogP contribution >= 0.6 is 0 Å². The van der Waals surface area contributed by atoms with Crippen molar-refractivity contribution in [3.8, 4) is 0 Å². The van der Waals surface area contributed by atoms with E-state index in [0.29, 0.717) is 10.9 Å². The number of hydrogen-bond donors (Lipinski definition) is 2. The summed E-state index contributed by atoms with van der Waals surface area (Å²) in [6.45, 7) is 3.95. The van der Waals surface area contributed by atoms with Crippen molar-refractivity contribution in [3.05, 3.63) is 34.0 Å². The first-order valence-corrected chi connectivity index (χ1v) is 6.46. The second kappa shape index (κ2) is 5.68. The van der Waals surface area contributed by atoms with Gasteiger partial charge < -0.3 is 5.32 Å². The minimum atomic E-state index is -0.492. The summed E-state index contributed by atoms with van der Waals surface area (Å²) < 4.78 is 0. The molecule has 2 N–H and O–H groups in total. The lowest BCUT2D eigenvalue weighted by Gasteiger charge is -2.11. The highest BCUT2D eigenvalue weighted by atomic mass is 16.6. The van der Waals surface area contributed by atoms with Gasteiger partial charge in [0, 0.05) is 23.6 Å². The summed E-state index contributed by atoms with van der Waals surface area (Å²) in [7, 11) is 0. The lowest BCUT2D eigenvalue weighted by molar-refractivity contribution is -0.384. The van der Waals surface area contributed by atoms with E-state index in [4.69, 9.17) is 0 Å². The SMILES string of the molecule is CCCC(C)NC(=O)c1n[nH]c2ccc([N+](=O)[O-])cc12. The third kappa shape index (κ3) is 2.76. The lowest BCUT2D eigenvalue weighted by Crippen LogP contribution is -2.32. The number of nitro benzene ring substituents is 1. The maximum atomic E-state index is 12.1. The van der Waals surface area contributed by atoms with E-state index in [0.717, 1.165) is 12.8 Å². The molecule has 0 bridgehead atoms. The Kier molecular flexibility index (Phi) is 3.97. The number of rotatable bonds is 5. The summed E-state index contributed by atoms with van der Waals surface area (Å²) in [5.41, 5.74) is 0.727. The van der Waals surface area contributed by atoms with Crippen LogP contribution < -0.4 is 5.32 Å². The first-order valence-electron chi connectivity index (χ1n) is 6.46. The molecule has 1 unspecified atom stereocenters.